The van der Waals surface area contributed by atoms with Crippen molar-refractivity contribution in [1.82, 2.24) is 5.32 Å². The second-order valence-corrected chi connectivity index (χ2v) is 5.92. The lowest BCUT2D eigenvalue weighted by atomic mass is 9.99. The van der Waals surface area contributed by atoms with Crippen LogP contribution in [0.25, 0.3) is 0 Å². The first-order valence-electron chi connectivity index (χ1n) is 6.71. The molecule has 20 heavy (non-hydrogen) atoms. The largest absolute Gasteiger partial charge is 0.490 e. The van der Waals surface area contributed by atoms with Gasteiger partial charge in [-0.15, -0.1) is 0 Å². The van der Waals surface area contributed by atoms with Crippen molar-refractivity contribution in [2.24, 2.45) is 5.92 Å². The Hall–Kier alpha value is -1.27. The topological polar surface area (TPSA) is 67.8 Å². The van der Waals surface area contributed by atoms with Crippen molar-refractivity contribution in [2.75, 3.05) is 19.8 Å². The number of aliphatic carboxylic acids is 1. The molecule has 1 aromatic carbocycles. The molecular weight excluding hydrogens is 326 g/mol. The van der Waals surface area contributed by atoms with Crippen molar-refractivity contribution < 1.29 is 19.4 Å². The Labute approximate surface area is 125 Å². The average molecular weight is 342 g/mol. The normalized spacial score (nSPS) is 25.2. The third-order valence-corrected chi connectivity index (χ3v) is 4.42. The zero-order valence-electron chi connectivity index (χ0n) is 10.9. The number of halogens is 1. The van der Waals surface area contributed by atoms with E-state index < -0.39 is 5.97 Å². The van der Waals surface area contributed by atoms with E-state index in [2.05, 4.69) is 21.2 Å². The Morgan fingerprint density at radius 2 is 2.15 bits per heavy atom. The number of benzene rings is 1. The molecule has 0 aromatic heterocycles. The predicted molar refractivity (Wildman–Crippen MR) is 76.2 cm³/mol. The fourth-order valence-corrected chi connectivity index (χ4v) is 3.29. The van der Waals surface area contributed by atoms with Gasteiger partial charge in [-0.3, -0.25) is 4.79 Å². The van der Waals surface area contributed by atoms with Crippen molar-refractivity contribution in [3.05, 3.63) is 22.2 Å². The van der Waals surface area contributed by atoms with E-state index in [1.54, 1.807) is 0 Å². The summed E-state index contributed by atoms with van der Waals surface area (Å²) in [5.41, 5.74) is 0.966. The Kier molecular flexibility index (Phi) is 3.85. The van der Waals surface area contributed by atoms with Crippen molar-refractivity contribution in [3.8, 4) is 11.5 Å². The highest BCUT2D eigenvalue weighted by Crippen LogP contribution is 2.44. The van der Waals surface area contributed by atoms with E-state index in [0.717, 1.165) is 28.0 Å². The van der Waals surface area contributed by atoms with Crippen LogP contribution >= 0.6 is 15.9 Å². The number of hydrogen-bond donors (Lipinski definition) is 2. The molecular formula is C14H16BrNO4. The second kappa shape index (κ2) is 5.61. The monoisotopic (exact) mass is 341 g/mol. The molecule has 0 aliphatic carbocycles. The first-order chi connectivity index (χ1) is 9.66. The van der Waals surface area contributed by atoms with Gasteiger partial charge >= 0.3 is 5.97 Å². The molecule has 0 radical (unpaired) electrons. The van der Waals surface area contributed by atoms with Crippen LogP contribution in [0, 0.1) is 5.92 Å². The van der Waals surface area contributed by atoms with E-state index in [9.17, 15) is 4.79 Å². The molecule has 1 aromatic rings. The number of hydrogen-bond acceptors (Lipinski definition) is 4. The number of carboxylic acids is 1. The van der Waals surface area contributed by atoms with Crippen LogP contribution in [0.2, 0.25) is 0 Å². The van der Waals surface area contributed by atoms with Gasteiger partial charge in [0.25, 0.3) is 0 Å². The van der Waals surface area contributed by atoms with Crippen LogP contribution in [0.4, 0.5) is 0 Å². The minimum Gasteiger partial charge on any atom is -0.490 e. The van der Waals surface area contributed by atoms with Crippen LogP contribution in [0.15, 0.2) is 16.6 Å². The summed E-state index contributed by atoms with van der Waals surface area (Å²) in [6.07, 6.45) is 1.41. The lowest BCUT2D eigenvalue weighted by Gasteiger charge is -2.19. The summed E-state index contributed by atoms with van der Waals surface area (Å²) >= 11 is 3.54. The number of carboxylic acid groups (broad SMARTS) is 1. The van der Waals surface area contributed by atoms with Gasteiger partial charge in [-0.1, -0.05) is 15.9 Å². The van der Waals surface area contributed by atoms with Gasteiger partial charge in [-0.05, 0) is 18.6 Å². The zero-order valence-corrected chi connectivity index (χ0v) is 12.5. The number of rotatable bonds is 2. The summed E-state index contributed by atoms with van der Waals surface area (Å²) in [5.74, 6) is 0.367. The molecule has 1 saturated heterocycles. The van der Waals surface area contributed by atoms with Gasteiger partial charge in [0.15, 0.2) is 11.5 Å². The summed E-state index contributed by atoms with van der Waals surface area (Å²) in [5, 5.41) is 12.4. The molecule has 2 atom stereocenters. The first-order valence-corrected chi connectivity index (χ1v) is 7.50. The zero-order chi connectivity index (χ0) is 14.1. The SMILES string of the molecule is O=C(O)C1CNC(c2c(Br)ccc3c2OCCCO3)C1. The van der Waals surface area contributed by atoms with Crippen molar-refractivity contribution >= 4 is 21.9 Å². The Morgan fingerprint density at radius 3 is 2.90 bits per heavy atom. The molecule has 2 heterocycles. The molecule has 0 bridgehead atoms. The quantitative estimate of drug-likeness (QED) is 0.864. The molecule has 2 N–H and O–H groups in total. The molecule has 2 aliphatic heterocycles. The maximum Gasteiger partial charge on any atom is 0.307 e. The Balaban J connectivity index is 1.95. The molecule has 5 nitrogen and oxygen atoms in total. The van der Waals surface area contributed by atoms with Gasteiger partial charge in [0.2, 0.25) is 0 Å². The van der Waals surface area contributed by atoms with Crippen LogP contribution in [0.5, 0.6) is 11.5 Å². The van der Waals surface area contributed by atoms with Crippen molar-refractivity contribution in [2.45, 2.75) is 18.9 Å². The van der Waals surface area contributed by atoms with Crippen LogP contribution in [0.3, 0.4) is 0 Å². The lowest BCUT2D eigenvalue weighted by Crippen LogP contribution is -2.17. The maximum atomic E-state index is 11.1. The number of ether oxygens (including phenoxy) is 2. The summed E-state index contributed by atoms with van der Waals surface area (Å²) in [4.78, 5) is 11.1. The van der Waals surface area contributed by atoms with Crippen LogP contribution < -0.4 is 14.8 Å². The van der Waals surface area contributed by atoms with Crippen molar-refractivity contribution in [3.63, 3.8) is 0 Å². The summed E-state index contributed by atoms with van der Waals surface area (Å²) in [6, 6.07) is 3.79. The highest BCUT2D eigenvalue weighted by atomic mass is 79.9. The van der Waals surface area contributed by atoms with E-state index in [4.69, 9.17) is 14.6 Å². The minimum absolute atomic E-state index is 0.0258. The Bertz CT molecular complexity index is 534. The minimum atomic E-state index is -0.754. The molecule has 1 fully saturated rings. The highest BCUT2D eigenvalue weighted by Gasteiger charge is 2.34. The number of nitrogens with one attached hydrogen (secondary N) is 1. The molecule has 3 rings (SSSR count). The molecule has 0 saturated carbocycles. The van der Waals surface area contributed by atoms with E-state index in [0.29, 0.717) is 26.2 Å². The second-order valence-electron chi connectivity index (χ2n) is 5.07. The number of carbonyl (C=O) groups is 1. The number of fused-ring (bicyclic) bond motifs is 1. The lowest BCUT2D eigenvalue weighted by molar-refractivity contribution is -0.141. The van der Waals surface area contributed by atoms with E-state index in [-0.39, 0.29) is 12.0 Å². The van der Waals surface area contributed by atoms with Crippen LogP contribution in [-0.4, -0.2) is 30.8 Å². The van der Waals surface area contributed by atoms with Gasteiger partial charge in [0, 0.05) is 29.0 Å². The summed E-state index contributed by atoms with van der Waals surface area (Å²) < 4.78 is 12.4. The standard InChI is InChI=1S/C14H16BrNO4/c15-9-2-3-11-13(20-5-1-4-19-11)12(9)10-6-8(7-16-10)14(17)18/h2-3,8,10,16H,1,4-7H2,(H,17,18). The van der Waals surface area contributed by atoms with E-state index >= 15 is 0 Å². The summed E-state index contributed by atoms with van der Waals surface area (Å²) in [6.45, 7) is 1.74. The van der Waals surface area contributed by atoms with Gasteiger partial charge in [0.05, 0.1) is 19.1 Å². The van der Waals surface area contributed by atoms with E-state index in [1.165, 1.54) is 0 Å². The summed E-state index contributed by atoms with van der Waals surface area (Å²) in [7, 11) is 0. The molecule has 108 valence electrons. The predicted octanol–water partition coefficient (Wildman–Crippen LogP) is 2.35. The van der Waals surface area contributed by atoms with Crippen molar-refractivity contribution in [1.29, 1.82) is 0 Å². The first kappa shape index (κ1) is 13.7. The van der Waals surface area contributed by atoms with Crippen LogP contribution in [0.1, 0.15) is 24.4 Å². The molecule has 6 heteroatoms. The van der Waals surface area contributed by atoms with Gasteiger partial charge in [-0.25, -0.2) is 0 Å². The van der Waals surface area contributed by atoms with Gasteiger partial charge < -0.3 is 19.9 Å². The highest BCUT2D eigenvalue weighted by molar-refractivity contribution is 9.10. The fraction of sp³-hybridized carbons (Fsp3) is 0.500. The smallest absolute Gasteiger partial charge is 0.307 e. The molecule has 0 spiro atoms. The molecule has 0 amide bonds. The van der Waals surface area contributed by atoms with Gasteiger partial charge in [0.1, 0.15) is 0 Å². The molecule has 2 unspecified atom stereocenters. The average Bonchev–Trinajstić information content (AvgIpc) is 2.78. The third-order valence-electron chi connectivity index (χ3n) is 3.73. The van der Waals surface area contributed by atoms with E-state index in [1.807, 2.05) is 12.1 Å². The van der Waals surface area contributed by atoms with Gasteiger partial charge in [-0.2, -0.15) is 0 Å². The third kappa shape index (κ3) is 2.50. The fourth-order valence-electron chi connectivity index (χ4n) is 2.70. The maximum absolute atomic E-state index is 11.1. The van der Waals surface area contributed by atoms with Crippen LogP contribution in [-0.2, 0) is 4.79 Å². The molecule has 2 aliphatic rings. The Morgan fingerprint density at radius 1 is 1.35 bits per heavy atom.